The van der Waals surface area contributed by atoms with E-state index in [2.05, 4.69) is 10.00 Å². The molecule has 3 atom stereocenters. The number of alkyl halides is 3. The number of rotatable bonds is 4. The molecule has 198 valence electrons. The van der Waals surface area contributed by atoms with E-state index in [9.17, 15) is 22.7 Å². The average molecular weight is 527 g/mol. The Morgan fingerprint density at radius 3 is 2.50 bits per heavy atom. The van der Waals surface area contributed by atoms with E-state index < -0.39 is 23.5 Å². The van der Waals surface area contributed by atoms with Crippen LogP contribution in [0, 0.1) is 11.7 Å². The number of hydrogen-bond donors (Lipinski definition) is 1. The predicted molar refractivity (Wildman–Crippen MR) is 134 cm³/mol. The molecule has 2 aliphatic heterocycles. The summed E-state index contributed by atoms with van der Waals surface area (Å²) in [6.45, 7) is 2.64. The monoisotopic (exact) mass is 526 g/mol. The van der Waals surface area contributed by atoms with Crippen molar-refractivity contribution in [1.82, 2.24) is 19.6 Å². The number of ether oxygens (including phenoxy) is 1. The lowest BCUT2D eigenvalue weighted by Crippen LogP contribution is -2.46. The summed E-state index contributed by atoms with van der Waals surface area (Å²) in [5.41, 5.74) is -1.57. The van der Waals surface area contributed by atoms with Gasteiger partial charge in [-0.25, -0.2) is 9.07 Å². The van der Waals surface area contributed by atoms with E-state index in [-0.39, 0.29) is 17.2 Å². The number of allylic oxidation sites excluding steroid dienone is 1. The van der Waals surface area contributed by atoms with E-state index in [1.54, 1.807) is 18.0 Å². The molecule has 1 fully saturated rings. The molecular formula is C28H26F4N4O2. The molecule has 1 aromatic heterocycles. The highest BCUT2D eigenvalue weighted by Gasteiger charge is 2.61. The third-order valence-electron chi connectivity index (χ3n) is 7.62. The molecule has 0 radical (unpaired) electrons. The molecule has 1 saturated heterocycles. The lowest BCUT2D eigenvalue weighted by molar-refractivity contribution is -0.251. The summed E-state index contributed by atoms with van der Waals surface area (Å²) >= 11 is 0. The van der Waals surface area contributed by atoms with Crippen molar-refractivity contribution < 1.29 is 27.4 Å². The molecule has 6 rings (SSSR count). The molecule has 3 aromatic rings. The van der Waals surface area contributed by atoms with Crippen LogP contribution >= 0.6 is 0 Å². The van der Waals surface area contributed by atoms with Crippen molar-refractivity contribution in [3.63, 3.8) is 0 Å². The third kappa shape index (κ3) is 3.90. The van der Waals surface area contributed by atoms with Gasteiger partial charge in [0.1, 0.15) is 5.82 Å². The molecule has 3 unspecified atom stereocenters. The number of aromatic nitrogens is 2. The summed E-state index contributed by atoms with van der Waals surface area (Å²) in [6.07, 6.45) is 3.44. The van der Waals surface area contributed by atoms with Gasteiger partial charge < -0.3 is 19.6 Å². The molecule has 3 aliphatic rings. The van der Waals surface area contributed by atoms with Crippen molar-refractivity contribution in [3.05, 3.63) is 95.7 Å². The number of likely N-dealkylation sites (N-methyl/N-ethyl adjacent to an activating group) is 1. The van der Waals surface area contributed by atoms with E-state index in [1.165, 1.54) is 59.5 Å². The standard InChI is InChI=1S/C28H26F4N4O2/c1-34-17-24(23-8-7-22(15-26(23)34)35-10-12-38-13-11-35)27(37,28(30,31)32)19-2-9-25-18(14-19)16-33-36(25)21-5-3-20(29)4-6-21/h2-9,14-17,23,26,37H,10-13H2,1H3. The van der Waals surface area contributed by atoms with Crippen molar-refractivity contribution >= 4 is 10.9 Å². The smallest absolute Gasteiger partial charge is 0.378 e. The summed E-state index contributed by atoms with van der Waals surface area (Å²) in [4.78, 5) is 3.89. The number of benzene rings is 2. The minimum absolute atomic E-state index is 0.128. The summed E-state index contributed by atoms with van der Waals surface area (Å²) in [6, 6.07) is 9.41. The van der Waals surface area contributed by atoms with Crippen molar-refractivity contribution in [2.45, 2.75) is 17.8 Å². The molecule has 0 amide bonds. The Kier molecular flexibility index (Phi) is 5.84. The first kappa shape index (κ1) is 24.7. The van der Waals surface area contributed by atoms with E-state index in [1.807, 2.05) is 12.2 Å². The highest BCUT2D eigenvalue weighted by Crippen LogP contribution is 2.51. The average Bonchev–Trinajstić information content (AvgIpc) is 3.49. The second kappa shape index (κ2) is 8.99. The first-order valence-electron chi connectivity index (χ1n) is 12.4. The van der Waals surface area contributed by atoms with E-state index in [4.69, 9.17) is 4.74 Å². The van der Waals surface area contributed by atoms with Crippen LogP contribution in [0.2, 0.25) is 0 Å². The number of morpholine rings is 1. The number of halogens is 4. The fraction of sp³-hybridized carbons (Fsp3) is 0.321. The first-order valence-corrected chi connectivity index (χ1v) is 12.4. The zero-order chi connectivity index (χ0) is 26.7. The SMILES string of the molecule is CN1C=C(C(O)(c2ccc3c(cnn3-c3ccc(F)cc3)c2)C(F)(F)F)C2C=CC(N3CCOCC3)=CC21. The van der Waals surface area contributed by atoms with Crippen LogP contribution in [0.15, 0.2) is 84.4 Å². The first-order chi connectivity index (χ1) is 18.2. The Morgan fingerprint density at radius 1 is 1.05 bits per heavy atom. The molecule has 3 heterocycles. The molecule has 1 N–H and O–H groups in total. The normalized spacial score (nSPS) is 23.3. The summed E-state index contributed by atoms with van der Waals surface area (Å²) in [5.74, 6) is -1.06. The van der Waals surface area contributed by atoms with Gasteiger partial charge in [-0.2, -0.15) is 18.3 Å². The number of nitrogens with zero attached hydrogens (tertiary/aromatic N) is 4. The predicted octanol–water partition coefficient (Wildman–Crippen LogP) is 4.51. The topological polar surface area (TPSA) is 53.8 Å². The van der Waals surface area contributed by atoms with Crippen LogP contribution < -0.4 is 0 Å². The van der Waals surface area contributed by atoms with Gasteiger partial charge in [-0.05, 0) is 54.1 Å². The highest BCUT2D eigenvalue weighted by atomic mass is 19.4. The maximum atomic E-state index is 14.8. The van der Waals surface area contributed by atoms with Gasteiger partial charge in [-0.15, -0.1) is 0 Å². The van der Waals surface area contributed by atoms with Crippen LogP contribution in [0.5, 0.6) is 0 Å². The van der Waals surface area contributed by atoms with Gasteiger partial charge in [0, 0.05) is 48.9 Å². The van der Waals surface area contributed by atoms with Gasteiger partial charge in [0.15, 0.2) is 0 Å². The van der Waals surface area contributed by atoms with Gasteiger partial charge in [-0.3, -0.25) is 0 Å². The number of hydrogen-bond acceptors (Lipinski definition) is 5. The van der Waals surface area contributed by atoms with Crippen LogP contribution in [0.1, 0.15) is 5.56 Å². The Bertz CT molecular complexity index is 1450. The number of fused-ring (bicyclic) bond motifs is 2. The molecule has 0 spiro atoms. The molecular weight excluding hydrogens is 500 g/mol. The minimum Gasteiger partial charge on any atom is -0.378 e. The van der Waals surface area contributed by atoms with E-state index in [0.29, 0.717) is 29.8 Å². The molecule has 0 bridgehead atoms. The Labute approximate surface area is 216 Å². The summed E-state index contributed by atoms with van der Waals surface area (Å²) in [7, 11) is 1.73. The van der Waals surface area contributed by atoms with Crippen LogP contribution in [0.3, 0.4) is 0 Å². The molecule has 6 nitrogen and oxygen atoms in total. The van der Waals surface area contributed by atoms with Gasteiger partial charge in [-0.1, -0.05) is 12.1 Å². The van der Waals surface area contributed by atoms with Crippen molar-refractivity contribution in [2.75, 3.05) is 33.4 Å². The third-order valence-corrected chi connectivity index (χ3v) is 7.62. The zero-order valence-electron chi connectivity index (χ0n) is 20.6. The van der Waals surface area contributed by atoms with E-state index >= 15 is 0 Å². The lowest BCUT2D eigenvalue weighted by atomic mass is 9.76. The summed E-state index contributed by atoms with van der Waals surface area (Å²) in [5, 5.41) is 16.2. The maximum absolute atomic E-state index is 14.8. The fourth-order valence-electron chi connectivity index (χ4n) is 5.61. The Hall–Kier alpha value is -3.63. The summed E-state index contributed by atoms with van der Waals surface area (Å²) < 4.78 is 64.6. The minimum atomic E-state index is -4.97. The molecule has 0 saturated carbocycles. The molecule has 1 aliphatic carbocycles. The van der Waals surface area contributed by atoms with Gasteiger partial charge in [0.2, 0.25) is 5.60 Å². The van der Waals surface area contributed by atoms with Crippen molar-refractivity contribution in [2.24, 2.45) is 5.92 Å². The number of aliphatic hydroxyl groups is 1. The van der Waals surface area contributed by atoms with Gasteiger partial charge in [0.05, 0.1) is 36.7 Å². The molecule has 2 aromatic carbocycles. The maximum Gasteiger partial charge on any atom is 0.425 e. The zero-order valence-corrected chi connectivity index (χ0v) is 20.6. The van der Waals surface area contributed by atoms with E-state index in [0.717, 1.165) is 18.8 Å². The van der Waals surface area contributed by atoms with Gasteiger partial charge >= 0.3 is 6.18 Å². The van der Waals surface area contributed by atoms with Crippen LogP contribution in [-0.4, -0.2) is 70.3 Å². The van der Waals surface area contributed by atoms with Crippen molar-refractivity contribution in [1.29, 1.82) is 0 Å². The quantitative estimate of drug-likeness (QED) is 0.507. The van der Waals surface area contributed by atoms with Crippen LogP contribution in [0.25, 0.3) is 16.6 Å². The van der Waals surface area contributed by atoms with Crippen LogP contribution in [0.4, 0.5) is 17.6 Å². The van der Waals surface area contributed by atoms with Crippen LogP contribution in [-0.2, 0) is 10.3 Å². The largest absolute Gasteiger partial charge is 0.425 e. The lowest BCUT2D eigenvalue weighted by Gasteiger charge is -2.37. The molecule has 10 heteroatoms. The Morgan fingerprint density at radius 2 is 1.79 bits per heavy atom. The van der Waals surface area contributed by atoms with Crippen molar-refractivity contribution in [3.8, 4) is 5.69 Å². The highest BCUT2D eigenvalue weighted by molar-refractivity contribution is 5.81. The van der Waals surface area contributed by atoms with Gasteiger partial charge in [0.25, 0.3) is 0 Å². The molecule has 38 heavy (non-hydrogen) atoms. The fourth-order valence-corrected chi connectivity index (χ4v) is 5.61. The second-order valence-corrected chi connectivity index (χ2v) is 9.83. The Balaban J connectivity index is 1.37. The second-order valence-electron chi connectivity index (χ2n) is 9.83.